The summed E-state index contributed by atoms with van der Waals surface area (Å²) >= 11 is 5.06. The maximum absolute atomic E-state index is 12.4. The Morgan fingerprint density at radius 3 is 2.57 bits per heavy atom. The highest BCUT2D eigenvalue weighted by Crippen LogP contribution is 2.37. The van der Waals surface area contributed by atoms with Gasteiger partial charge in [-0.2, -0.15) is 4.98 Å². The minimum Gasteiger partial charge on any atom is -0.328 e. The number of rotatable bonds is 5. The van der Waals surface area contributed by atoms with Gasteiger partial charge in [-0.3, -0.25) is 4.79 Å². The molecule has 28 heavy (non-hydrogen) atoms. The van der Waals surface area contributed by atoms with Crippen LogP contribution in [-0.2, 0) is 10.5 Å². The van der Waals surface area contributed by atoms with E-state index < -0.39 is 0 Å². The number of fused-ring (bicyclic) bond motifs is 1. The lowest BCUT2D eigenvalue weighted by molar-refractivity contribution is -0.114. The third kappa shape index (κ3) is 3.77. The molecule has 0 bridgehead atoms. The molecule has 1 N–H and O–H groups in total. The van der Waals surface area contributed by atoms with Crippen LogP contribution in [0.1, 0.15) is 31.0 Å². The van der Waals surface area contributed by atoms with Crippen molar-refractivity contribution in [1.29, 1.82) is 0 Å². The SMILES string of the molecule is CC(=O)C1=C(C)Nc2nc(SCc3ccccc3)nn2C1c1ccc(Br)cc1. The van der Waals surface area contributed by atoms with E-state index in [-0.39, 0.29) is 11.8 Å². The molecule has 0 aliphatic carbocycles. The molecule has 7 heteroatoms. The molecule has 0 radical (unpaired) electrons. The Balaban J connectivity index is 1.69. The second kappa shape index (κ2) is 7.93. The third-order valence-corrected chi connectivity index (χ3v) is 6.05. The monoisotopic (exact) mass is 454 g/mol. The summed E-state index contributed by atoms with van der Waals surface area (Å²) in [6.07, 6.45) is 0. The lowest BCUT2D eigenvalue weighted by Gasteiger charge is -2.28. The number of Topliss-reactive ketones (excluding diaryl/α,β-unsaturated/α-hetero) is 1. The quantitative estimate of drug-likeness (QED) is 0.536. The average molecular weight is 455 g/mol. The lowest BCUT2D eigenvalue weighted by atomic mass is 9.93. The summed E-state index contributed by atoms with van der Waals surface area (Å²) in [5, 5.41) is 8.65. The number of aromatic nitrogens is 3. The topological polar surface area (TPSA) is 59.8 Å². The maximum atomic E-state index is 12.4. The first-order valence-corrected chi connectivity index (χ1v) is 10.7. The number of hydrogen-bond donors (Lipinski definition) is 1. The van der Waals surface area contributed by atoms with Crippen LogP contribution in [-0.4, -0.2) is 20.5 Å². The van der Waals surface area contributed by atoms with E-state index >= 15 is 0 Å². The number of allylic oxidation sites excluding steroid dienone is 2. The largest absolute Gasteiger partial charge is 0.328 e. The van der Waals surface area contributed by atoms with E-state index in [0.717, 1.165) is 21.5 Å². The lowest BCUT2D eigenvalue weighted by Crippen LogP contribution is -2.27. The van der Waals surface area contributed by atoms with Crippen LogP contribution in [0.25, 0.3) is 0 Å². The zero-order valence-electron chi connectivity index (χ0n) is 15.5. The summed E-state index contributed by atoms with van der Waals surface area (Å²) < 4.78 is 2.81. The molecule has 1 aliphatic heterocycles. The zero-order chi connectivity index (χ0) is 19.7. The minimum absolute atomic E-state index is 0.0255. The molecule has 2 heterocycles. The van der Waals surface area contributed by atoms with Gasteiger partial charge in [-0.1, -0.05) is 70.2 Å². The summed E-state index contributed by atoms with van der Waals surface area (Å²) in [5.74, 6) is 1.47. The Morgan fingerprint density at radius 1 is 1.18 bits per heavy atom. The second-order valence-electron chi connectivity index (χ2n) is 6.61. The van der Waals surface area contributed by atoms with Crippen molar-refractivity contribution < 1.29 is 4.79 Å². The van der Waals surface area contributed by atoms with E-state index in [9.17, 15) is 4.79 Å². The van der Waals surface area contributed by atoms with Crippen molar-refractivity contribution in [3.05, 3.63) is 81.5 Å². The van der Waals surface area contributed by atoms with Gasteiger partial charge >= 0.3 is 0 Å². The maximum Gasteiger partial charge on any atom is 0.227 e. The first-order valence-electron chi connectivity index (χ1n) is 8.90. The molecule has 1 aromatic heterocycles. The fourth-order valence-corrected chi connectivity index (χ4v) is 4.37. The molecule has 1 unspecified atom stereocenters. The molecule has 0 saturated heterocycles. The fourth-order valence-electron chi connectivity index (χ4n) is 3.32. The molecule has 142 valence electrons. The predicted molar refractivity (Wildman–Crippen MR) is 115 cm³/mol. The van der Waals surface area contributed by atoms with Gasteiger partial charge < -0.3 is 5.32 Å². The number of ketones is 1. The molecule has 1 atom stereocenters. The Hall–Kier alpha value is -2.38. The molecule has 0 saturated carbocycles. The number of carbonyl (C=O) groups is 1. The van der Waals surface area contributed by atoms with Crippen LogP contribution < -0.4 is 5.32 Å². The van der Waals surface area contributed by atoms with Crippen LogP contribution in [0, 0.1) is 0 Å². The molecule has 0 amide bonds. The normalized spacial score (nSPS) is 15.9. The number of thioether (sulfide) groups is 1. The standard InChI is InChI=1S/C21H19BrN4OS/c1-13-18(14(2)27)19(16-8-10-17(22)11-9-16)26-20(23-13)24-21(25-26)28-12-15-6-4-3-5-7-15/h3-11,19H,12H2,1-2H3,(H,23,24,25). The van der Waals surface area contributed by atoms with E-state index in [2.05, 4.69) is 38.4 Å². The van der Waals surface area contributed by atoms with Crippen molar-refractivity contribution in [3.8, 4) is 0 Å². The summed E-state index contributed by atoms with van der Waals surface area (Å²) in [6.45, 7) is 3.51. The van der Waals surface area contributed by atoms with Gasteiger partial charge in [-0.15, -0.1) is 5.10 Å². The Kier molecular flexibility index (Phi) is 5.37. The van der Waals surface area contributed by atoms with Crippen LogP contribution in [0.2, 0.25) is 0 Å². The Morgan fingerprint density at radius 2 is 1.89 bits per heavy atom. The van der Waals surface area contributed by atoms with E-state index in [1.54, 1.807) is 18.7 Å². The molecule has 1 aliphatic rings. The van der Waals surface area contributed by atoms with Gasteiger partial charge in [0.25, 0.3) is 0 Å². The highest BCUT2D eigenvalue weighted by atomic mass is 79.9. The molecule has 0 spiro atoms. The number of benzene rings is 2. The summed E-state index contributed by atoms with van der Waals surface area (Å²) in [7, 11) is 0. The van der Waals surface area contributed by atoms with Gasteiger partial charge in [0.1, 0.15) is 6.04 Å². The van der Waals surface area contributed by atoms with E-state index in [1.807, 2.05) is 54.1 Å². The van der Waals surface area contributed by atoms with Gasteiger partial charge in [0.15, 0.2) is 5.78 Å². The Labute approximate surface area is 176 Å². The minimum atomic E-state index is -0.291. The number of carbonyl (C=O) groups excluding carboxylic acids is 1. The van der Waals surface area contributed by atoms with E-state index in [4.69, 9.17) is 5.10 Å². The van der Waals surface area contributed by atoms with Crippen molar-refractivity contribution in [2.45, 2.75) is 30.8 Å². The molecule has 3 aromatic rings. The smallest absolute Gasteiger partial charge is 0.227 e. The molecular weight excluding hydrogens is 436 g/mol. The number of halogens is 1. The first kappa shape index (κ1) is 19.0. The predicted octanol–water partition coefficient (Wildman–Crippen LogP) is 5.21. The molecule has 0 fully saturated rings. The van der Waals surface area contributed by atoms with Crippen molar-refractivity contribution in [2.24, 2.45) is 0 Å². The number of hydrogen-bond acceptors (Lipinski definition) is 5. The molecule has 5 nitrogen and oxygen atoms in total. The number of nitrogens with one attached hydrogen (secondary N) is 1. The highest BCUT2D eigenvalue weighted by Gasteiger charge is 2.32. The van der Waals surface area contributed by atoms with Crippen LogP contribution >= 0.6 is 27.7 Å². The van der Waals surface area contributed by atoms with Crippen molar-refractivity contribution >= 4 is 39.4 Å². The van der Waals surface area contributed by atoms with E-state index in [1.165, 1.54) is 5.56 Å². The number of anilines is 1. The molecule has 4 rings (SSSR count). The van der Waals surface area contributed by atoms with Gasteiger partial charge in [-0.05, 0) is 37.1 Å². The van der Waals surface area contributed by atoms with Crippen LogP contribution in [0.15, 0.2) is 75.5 Å². The van der Waals surface area contributed by atoms with Gasteiger partial charge in [-0.25, -0.2) is 4.68 Å². The fraction of sp³-hybridized carbons (Fsp3) is 0.190. The summed E-state index contributed by atoms with van der Waals surface area (Å²) in [4.78, 5) is 17.1. The van der Waals surface area contributed by atoms with Crippen molar-refractivity contribution in [2.75, 3.05) is 5.32 Å². The number of nitrogens with zero attached hydrogens (tertiary/aromatic N) is 3. The summed E-state index contributed by atoms with van der Waals surface area (Å²) in [6, 6.07) is 17.9. The van der Waals surface area contributed by atoms with Crippen molar-refractivity contribution in [3.63, 3.8) is 0 Å². The van der Waals surface area contributed by atoms with Crippen LogP contribution in [0.5, 0.6) is 0 Å². The molecular formula is C21H19BrN4OS. The summed E-state index contributed by atoms with van der Waals surface area (Å²) in [5.41, 5.74) is 3.75. The first-order chi connectivity index (χ1) is 13.5. The van der Waals surface area contributed by atoms with E-state index in [0.29, 0.717) is 16.7 Å². The highest BCUT2D eigenvalue weighted by molar-refractivity contribution is 9.10. The van der Waals surface area contributed by atoms with Gasteiger partial charge in [0.05, 0.1) is 0 Å². The third-order valence-electron chi connectivity index (χ3n) is 4.61. The second-order valence-corrected chi connectivity index (χ2v) is 8.47. The van der Waals surface area contributed by atoms with Crippen LogP contribution in [0.4, 0.5) is 5.95 Å². The van der Waals surface area contributed by atoms with Gasteiger partial charge in [0.2, 0.25) is 11.1 Å². The Bertz CT molecular complexity index is 1040. The zero-order valence-corrected chi connectivity index (χ0v) is 17.9. The average Bonchev–Trinajstić information content (AvgIpc) is 3.09. The molecule has 2 aromatic carbocycles. The van der Waals surface area contributed by atoms with Gasteiger partial charge in [0, 0.05) is 21.5 Å². The van der Waals surface area contributed by atoms with Crippen molar-refractivity contribution in [1.82, 2.24) is 14.8 Å². The van der Waals surface area contributed by atoms with Crippen LogP contribution in [0.3, 0.4) is 0 Å².